The van der Waals surface area contributed by atoms with E-state index in [-0.39, 0.29) is 0 Å². The molecule has 0 amide bonds. The van der Waals surface area contributed by atoms with Gasteiger partial charge in [0, 0.05) is 17.3 Å². The molecule has 60 valence electrons. The number of rotatable bonds is 6. The highest BCUT2D eigenvalue weighted by Gasteiger charge is 1.89. The third-order valence-electron chi connectivity index (χ3n) is 0.835. The molecule has 0 atom stereocenters. The number of hydrogen-bond donors (Lipinski definition) is 0. The monoisotopic (exact) mass is 240 g/mol. The van der Waals surface area contributed by atoms with E-state index in [1.54, 1.807) is 0 Å². The van der Waals surface area contributed by atoms with E-state index in [0.717, 1.165) is 10.2 Å². The molecule has 0 spiro atoms. The van der Waals surface area contributed by atoms with Crippen molar-refractivity contribution in [1.29, 1.82) is 0 Å². The molecule has 0 unspecified atom stereocenters. The summed E-state index contributed by atoms with van der Waals surface area (Å²) in [7, 11) is 0. The lowest BCUT2D eigenvalue weighted by Gasteiger charge is -1.97. The highest BCUT2D eigenvalue weighted by atomic mass is 79.9. The Morgan fingerprint density at radius 2 is 2.00 bits per heavy atom. The van der Waals surface area contributed by atoms with Crippen molar-refractivity contribution in [2.75, 3.05) is 23.0 Å². The van der Waals surface area contributed by atoms with Gasteiger partial charge in [-0.15, -0.1) is 0 Å². The van der Waals surface area contributed by atoms with Gasteiger partial charge >= 0.3 is 0 Å². The van der Waals surface area contributed by atoms with Gasteiger partial charge < -0.3 is 0 Å². The molecule has 0 aliphatic heterocycles. The van der Waals surface area contributed by atoms with Crippen molar-refractivity contribution in [3.63, 3.8) is 0 Å². The Bertz CT molecular complexity index is 93.6. The van der Waals surface area contributed by atoms with Crippen molar-refractivity contribution in [2.45, 2.75) is 6.92 Å². The summed E-state index contributed by atoms with van der Waals surface area (Å²) in [5.74, 6) is 4.78. The third kappa shape index (κ3) is 8.92. The highest BCUT2D eigenvalue weighted by molar-refractivity contribution is 9.11. The smallest absolute Gasteiger partial charge is 0.0245 e. The zero-order chi connectivity index (χ0) is 7.82. The molecule has 3 heteroatoms. The lowest BCUT2D eigenvalue weighted by Crippen LogP contribution is -1.86. The predicted octanol–water partition coefficient (Wildman–Crippen LogP) is 3.38. The van der Waals surface area contributed by atoms with Crippen LogP contribution in [0.3, 0.4) is 0 Å². The lowest BCUT2D eigenvalue weighted by atomic mass is 10.8. The minimum atomic E-state index is 1.05. The Kier molecular flexibility index (Phi) is 8.76. The fourth-order valence-corrected chi connectivity index (χ4v) is 2.53. The van der Waals surface area contributed by atoms with Gasteiger partial charge in [-0.3, -0.25) is 0 Å². The predicted molar refractivity (Wildman–Crippen MR) is 58.4 cm³/mol. The summed E-state index contributed by atoms with van der Waals surface area (Å²) >= 11 is 7.25. The van der Waals surface area contributed by atoms with Crippen LogP contribution >= 0.6 is 39.5 Å². The van der Waals surface area contributed by atoms with Crippen LogP contribution in [0, 0.1) is 0 Å². The van der Waals surface area contributed by atoms with Crippen molar-refractivity contribution >= 4 is 39.5 Å². The Hall–Kier alpha value is 0.920. The molecule has 0 saturated heterocycles. The van der Waals surface area contributed by atoms with E-state index in [1.165, 1.54) is 17.3 Å². The lowest BCUT2D eigenvalue weighted by molar-refractivity contribution is 1.47. The van der Waals surface area contributed by atoms with Gasteiger partial charge in [-0.2, -0.15) is 23.5 Å². The van der Waals surface area contributed by atoms with E-state index in [1.807, 2.05) is 23.5 Å². The van der Waals surface area contributed by atoms with Gasteiger partial charge in [-0.1, -0.05) is 29.4 Å². The molecule has 0 fully saturated rings. The number of halogens is 1. The summed E-state index contributed by atoms with van der Waals surface area (Å²) in [6.07, 6.45) is 0. The molecule has 0 nitrogen and oxygen atoms in total. The van der Waals surface area contributed by atoms with Gasteiger partial charge in [0.15, 0.2) is 0 Å². The third-order valence-corrected chi connectivity index (χ3v) is 3.69. The molecule has 0 radical (unpaired) electrons. The van der Waals surface area contributed by atoms with Gasteiger partial charge in [0.25, 0.3) is 0 Å². The number of thioether (sulfide) groups is 2. The Balaban J connectivity index is 2.84. The van der Waals surface area contributed by atoms with Crippen LogP contribution < -0.4 is 0 Å². The van der Waals surface area contributed by atoms with E-state index in [2.05, 4.69) is 29.4 Å². The highest BCUT2D eigenvalue weighted by Crippen LogP contribution is 2.12. The van der Waals surface area contributed by atoms with Crippen LogP contribution in [-0.2, 0) is 0 Å². The first-order chi connectivity index (χ1) is 4.77. The molecule has 0 rings (SSSR count). The van der Waals surface area contributed by atoms with Gasteiger partial charge in [0.1, 0.15) is 0 Å². The molecule has 0 bridgehead atoms. The quantitative estimate of drug-likeness (QED) is 0.654. The summed E-state index contributed by atoms with van der Waals surface area (Å²) in [4.78, 5) is 0. The van der Waals surface area contributed by atoms with Crippen LogP contribution in [0.1, 0.15) is 6.92 Å². The largest absolute Gasteiger partial charge is 0.161 e. The fourth-order valence-electron chi connectivity index (χ4n) is 0.445. The van der Waals surface area contributed by atoms with Gasteiger partial charge in [0.2, 0.25) is 0 Å². The van der Waals surface area contributed by atoms with Crippen molar-refractivity contribution in [3.05, 3.63) is 11.1 Å². The molecule has 0 aromatic carbocycles. The summed E-state index contributed by atoms with van der Waals surface area (Å²) in [6.45, 7) is 5.96. The molecule has 0 saturated carbocycles. The molecule has 0 aliphatic rings. The second-order valence-corrected chi connectivity index (χ2v) is 5.39. The van der Waals surface area contributed by atoms with Crippen molar-refractivity contribution in [1.82, 2.24) is 0 Å². The molecule has 10 heavy (non-hydrogen) atoms. The second-order valence-electron chi connectivity index (χ2n) is 1.77. The van der Waals surface area contributed by atoms with E-state index >= 15 is 0 Å². The topological polar surface area (TPSA) is 0 Å². The Morgan fingerprint density at radius 1 is 1.40 bits per heavy atom. The molecule has 0 heterocycles. The van der Waals surface area contributed by atoms with Crippen molar-refractivity contribution in [2.24, 2.45) is 0 Å². The summed E-state index contributed by atoms with van der Waals surface area (Å²) in [6, 6.07) is 0. The maximum Gasteiger partial charge on any atom is 0.0245 e. The average molecular weight is 241 g/mol. The average Bonchev–Trinajstić information content (AvgIpc) is 1.87. The summed E-state index contributed by atoms with van der Waals surface area (Å²) in [5, 5.41) is 0. The van der Waals surface area contributed by atoms with Crippen LogP contribution in [0.2, 0.25) is 0 Å². The molecule has 0 aromatic rings. The van der Waals surface area contributed by atoms with E-state index in [4.69, 9.17) is 0 Å². The SMILES string of the molecule is C=C(Br)CSCCSCC. The summed E-state index contributed by atoms with van der Waals surface area (Å²) in [5.41, 5.74) is 0. The van der Waals surface area contributed by atoms with Crippen LogP contribution in [0.25, 0.3) is 0 Å². The zero-order valence-electron chi connectivity index (χ0n) is 6.23. The Labute approximate surface area is 80.4 Å². The number of hydrogen-bond acceptors (Lipinski definition) is 2. The first-order valence-corrected chi connectivity index (χ1v) is 6.36. The Morgan fingerprint density at radius 3 is 2.50 bits per heavy atom. The first kappa shape index (κ1) is 10.9. The molecule has 0 aromatic heterocycles. The molecular formula is C7H13BrS2. The second kappa shape index (κ2) is 8.02. The molecule has 0 N–H and O–H groups in total. The van der Waals surface area contributed by atoms with Crippen LogP contribution in [0.5, 0.6) is 0 Å². The van der Waals surface area contributed by atoms with E-state index in [9.17, 15) is 0 Å². The van der Waals surface area contributed by atoms with Crippen LogP contribution in [-0.4, -0.2) is 23.0 Å². The van der Waals surface area contributed by atoms with Crippen molar-refractivity contribution < 1.29 is 0 Å². The van der Waals surface area contributed by atoms with Gasteiger partial charge in [-0.25, -0.2) is 0 Å². The fraction of sp³-hybridized carbons (Fsp3) is 0.714. The van der Waals surface area contributed by atoms with E-state index in [0.29, 0.717) is 0 Å². The zero-order valence-corrected chi connectivity index (χ0v) is 9.45. The van der Waals surface area contributed by atoms with Gasteiger partial charge in [0.05, 0.1) is 0 Å². The standard InChI is InChI=1S/C7H13BrS2/c1-3-9-4-5-10-6-7(2)8/h2-6H2,1H3. The maximum absolute atomic E-state index is 3.76. The molecular weight excluding hydrogens is 228 g/mol. The minimum Gasteiger partial charge on any atom is -0.161 e. The normalized spacial score (nSPS) is 9.80. The minimum absolute atomic E-state index is 1.05. The summed E-state index contributed by atoms with van der Waals surface area (Å²) < 4.78 is 1.10. The van der Waals surface area contributed by atoms with E-state index < -0.39 is 0 Å². The maximum atomic E-state index is 3.76. The van der Waals surface area contributed by atoms with Gasteiger partial charge in [-0.05, 0) is 10.2 Å². The van der Waals surface area contributed by atoms with Crippen LogP contribution in [0.15, 0.2) is 11.1 Å². The first-order valence-electron chi connectivity index (χ1n) is 3.26. The van der Waals surface area contributed by atoms with Crippen molar-refractivity contribution in [3.8, 4) is 0 Å². The molecule has 0 aliphatic carbocycles. The van der Waals surface area contributed by atoms with Crippen LogP contribution in [0.4, 0.5) is 0 Å².